The third kappa shape index (κ3) is 4.06. The Morgan fingerprint density at radius 3 is 2.52 bits per heavy atom. The first-order chi connectivity index (χ1) is 11.1. The fourth-order valence-corrected chi connectivity index (χ4v) is 3.73. The maximum absolute atomic E-state index is 12.6. The van der Waals surface area contributed by atoms with E-state index in [0.29, 0.717) is 11.9 Å². The highest BCUT2D eigenvalue weighted by Crippen LogP contribution is 2.24. The van der Waals surface area contributed by atoms with Crippen molar-refractivity contribution in [1.29, 1.82) is 0 Å². The first kappa shape index (κ1) is 16.7. The van der Waals surface area contributed by atoms with E-state index in [1.165, 1.54) is 5.56 Å². The van der Waals surface area contributed by atoms with Crippen LogP contribution in [0.3, 0.4) is 0 Å². The Bertz CT molecular complexity index is 520. The molecule has 0 aromatic heterocycles. The molecule has 0 bridgehead atoms. The van der Waals surface area contributed by atoms with Crippen molar-refractivity contribution < 1.29 is 4.79 Å². The largest absolute Gasteiger partial charge is 0.340 e. The number of hydrogen-bond acceptors (Lipinski definition) is 3. The molecule has 1 aromatic rings. The Labute approximate surface area is 143 Å². The average Bonchev–Trinajstić information content (AvgIpc) is 2.62. The molecule has 2 atom stereocenters. The zero-order valence-electron chi connectivity index (χ0n) is 13.8. The van der Waals surface area contributed by atoms with Crippen LogP contribution in [-0.2, 0) is 4.79 Å². The van der Waals surface area contributed by atoms with Crippen LogP contribution in [0.2, 0.25) is 5.02 Å². The van der Waals surface area contributed by atoms with Gasteiger partial charge < -0.3 is 10.2 Å². The van der Waals surface area contributed by atoms with Gasteiger partial charge in [-0.25, -0.2) is 0 Å². The normalized spacial score (nSPS) is 24.4. The van der Waals surface area contributed by atoms with E-state index in [1.54, 1.807) is 0 Å². The van der Waals surface area contributed by atoms with Crippen molar-refractivity contribution in [2.45, 2.75) is 25.8 Å². The lowest BCUT2D eigenvalue weighted by Gasteiger charge is -2.39. The summed E-state index contributed by atoms with van der Waals surface area (Å²) in [5.41, 5.74) is 1.28. The van der Waals surface area contributed by atoms with Crippen LogP contribution in [-0.4, -0.2) is 55.0 Å². The molecule has 3 rings (SSSR count). The van der Waals surface area contributed by atoms with Gasteiger partial charge in [0.1, 0.15) is 0 Å². The number of nitrogens with zero attached hydrogens (tertiary/aromatic N) is 2. The summed E-state index contributed by atoms with van der Waals surface area (Å²) in [5, 5.41) is 4.11. The standard InChI is InChI=1S/C18H26ClN3O/c1-14(15-4-6-17(19)7-5-15)21-9-11-22(12-10-21)18(23)16-3-2-8-20-13-16/h4-7,14,16,20H,2-3,8-13H2,1H3. The molecule has 2 aliphatic heterocycles. The van der Waals surface area contributed by atoms with E-state index in [4.69, 9.17) is 11.6 Å². The zero-order valence-corrected chi connectivity index (χ0v) is 14.6. The van der Waals surface area contributed by atoms with Gasteiger partial charge in [-0.15, -0.1) is 0 Å². The number of nitrogens with one attached hydrogen (secondary N) is 1. The number of halogens is 1. The predicted molar refractivity (Wildman–Crippen MR) is 93.6 cm³/mol. The number of piperidine rings is 1. The summed E-state index contributed by atoms with van der Waals surface area (Å²) in [6.07, 6.45) is 2.15. The van der Waals surface area contributed by atoms with Gasteiger partial charge in [-0.3, -0.25) is 9.69 Å². The van der Waals surface area contributed by atoms with Crippen LogP contribution in [0.4, 0.5) is 0 Å². The van der Waals surface area contributed by atoms with Gasteiger partial charge in [0.2, 0.25) is 5.91 Å². The van der Waals surface area contributed by atoms with Crippen LogP contribution in [0.15, 0.2) is 24.3 Å². The Balaban J connectivity index is 1.53. The summed E-state index contributed by atoms with van der Waals surface area (Å²) in [6, 6.07) is 8.45. The topological polar surface area (TPSA) is 35.6 Å². The van der Waals surface area contributed by atoms with Crippen LogP contribution in [0.25, 0.3) is 0 Å². The molecule has 0 saturated carbocycles. The average molecular weight is 336 g/mol. The van der Waals surface area contributed by atoms with Crippen molar-refractivity contribution >= 4 is 17.5 Å². The zero-order chi connectivity index (χ0) is 16.2. The first-order valence-corrected chi connectivity index (χ1v) is 9.02. The lowest BCUT2D eigenvalue weighted by Crippen LogP contribution is -2.52. The van der Waals surface area contributed by atoms with Gasteiger partial charge in [-0.2, -0.15) is 0 Å². The highest BCUT2D eigenvalue weighted by Gasteiger charge is 2.29. The Morgan fingerprint density at radius 2 is 1.91 bits per heavy atom. The van der Waals surface area contributed by atoms with Crippen LogP contribution in [0.5, 0.6) is 0 Å². The fraction of sp³-hybridized carbons (Fsp3) is 0.611. The number of rotatable bonds is 3. The second-order valence-electron chi connectivity index (χ2n) is 6.63. The van der Waals surface area contributed by atoms with Crippen LogP contribution in [0, 0.1) is 5.92 Å². The molecule has 2 aliphatic rings. The molecule has 1 aromatic carbocycles. The fourth-order valence-electron chi connectivity index (χ4n) is 3.60. The summed E-state index contributed by atoms with van der Waals surface area (Å²) in [5.74, 6) is 0.528. The van der Waals surface area contributed by atoms with E-state index < -0.39 is 0 Å². The minimum absolute atomic E-state index is 0.184. The molecule has 0 radical (unpaired) electrons. The molecule has 23 heavy (non-hydrogen) atoms. The quantitative estimate of drug-likeness (QED) is 0.922. The van der Waals surface area contributed by atoms with E-state index in [1.807, 2.05) is 12.1 Å². The Morgan fingerprint density at radius 1 is 1.22 bits per heavy atom. The first-order valence-electron chi connectivity index (χ1n) is 8.64. The lowest BCUT2D eigenvalue weighted by molar-refractivity contribution is -0.138. The number of hydrogen-bond donors (Lipinski definition) is 1. The third-order valence-corrected chi connectivity index (χ3v) is 5.42. The molecule has 2 unspecified atom stereocenters. The highest BCUT2D eigenvalue weighted by atomic mass is 35.5. The van der Waals surface area contributed by atoms with E-state index >= 15 is 0 Å². The molecule has 1 amide bonds. The number of carbonyl (C=O) groups is 1. The van der Waals surface area contributed by atoms with Crippen molar-refractivity contribution in [2.75, 3.05) is 39.3 Å². The minimum atomic E-state index is 0.184. The molecule has 2 fully saturated rings. The maximum atomic E-state index is 12.6. The third-order valence-electron chi connectivity index (χ3n) is 5.17. The van der Waals surface area contributed by atoms with Gasteiger partial charge in [-0.05, 0) is 44.0 Å². The molecule has 5 heteroatoms. The monoisotopic (exact) mass is 335 g/mol. The number of carbonyl (C=O) groups excluding carboxylic acids is 1. The van der Waals surface area contributed by atoms with Crippen LogP contribution >= 0.6 is 11.6 Å². The van der Waals surface area contributed by atoms with E-state index in [9.17, 15) is 4.79 Å². The molecule has 1 N–H and O–H groups in total. The van der Waals surface area contributed by atoms with Gasteiger partial charge in [0.15, 0.2) is 0 Å². The molecule has 4 nitrogen and oxygen atoms in total. The highest BCUT2D eigenvalue weighted by molar-refractivity contribution is 6.30. The summed E-state index contributed by atoms with van der Waals surface area (Å²) in [4.78, 5) is 17.1. The van der Waals surface area contributed by atoms with E-state index in [2.05, 4.69) is 34.2 Å². The van der Waals surface area contributed by atoms with Crippen molar-refractivity contribution in [3.63, 3.8) is 0 Å². The molecule has 2 heterocycles. The number of piperazine rings is 1. The molecule has 2 saturated heterocycles. The lowest BCUT2D eigenvalue weighted by atomic mass is 9.97. The second kappa shape index (κ2) is 7.65. The summed E-state index contributed by atoms with van der Waals surface area (Å²) >= 11 is 5.97. The van der Waals surface area contributed by atoms with Gasteiger partial charge in [0, 0.05) is 43.8 Å². The van der Waals surface area contributed by atoms with Gasteiger partial charge in [-0.1, -0.05) is 23.7 Å². The molecular formula is C18H26ClN3O. The van der Waals surface area contributed by atoms with Gasteiger partial charge >= 0.3 is 0 Å². The van der Waals surface area contributed by atoms with Crippen molar-refractivity contribution in [3.05, 3.63) is 34.9 Å². The van der Waals surface area contributed by atoms with E-state index in [-0.39, 0.29) is 5.92 Å². The molecule has 126 valence electrons. The predicted octanol–water partition coefficient (Wildman–Crippen LogP) is 2.54. The van der Waals surface area contributed by atoms with Crippen LogP contribution in [0.1, 0.15) is 31.4 Å². The maximum Gasteiger partial charge on any atom is 0.227 e. The van der Waals surface area contributed by atoms with Crippen molar-refractivity contribution in [1.82, 2.24) is 15.1 Å². The molecule has 0 aliphatic carbocycles. The van der Waals surface area contributed by atoms with Crippen LogP contribution < -0.4 is 5.32 Å². The summed E-state index contributed by atoms with van der Waals surface area (Å²) in [7, 11) is 0. The SMILES string of the molecule is CC(c1ccc(Cl)cc1)N1CCN(C(=O)C2CCCNC2)CC1. The van der Waals surface area contributed by atoms with Crippen molar-refractivity contribution in [2.24, 2.45) is 5.92 Å². The molecular weight excluding hydrogens is 310 g/mol. The van der Waals surface area contributed by atoms with Gasteiger partial charge in [0.25, 0.3) is 0 Å². The number of benzene rings is 1. The Hall–Kier alpha value is -1.10. The Kier molecular flexibility index (Phi) is 5.57. The number of amides is 1. The van der Waals surface area contributed by atoms with Crippen molar-refractivity contribution in [3.8, 4) is 0 Å². The van der Waals surface area contributed by atoms with E-state index in [0.717, 1.165) is 57.1 Å². The molecule has 0 spiro atoms. The van der Waals surface area contributed by atoms with Gasteiger partial charge in [0.05, 0.1) is 5.92 Å². The summed E-state index contributed by atoms with van der Waals surface area (Å²) < 4.78 is 0. The second-order valence-corrected chi connectivity index (χ2v) is 7.07. The smallest absolute Gasteiger partial charge is 0.227 e. The minimum Gasteiger partial charge on any atom is -0.340 e. The summed E-state index contributed by atoms with van der Waals surface area (Å²) in [6.45, 7) is 7.69.